The van der Waals surface area contributed by atoms with Crippen molar-refractivity contribution in [1.82, 2.24) is 4.90 Å². The Morgan fingerprint density at radius 3 is 2.90 bits per heavy atom. The number of halogens is 1. The maximum atomic E-state index is 9.60. The molecule has 116 valence electrons. The van der Waals surface area contributed by atoms with Crippen LogP contribution in [-0.4, -0.2) is 42.4 Å². The van der Waals surface area contributed by atoms with E-state index in [0.29, 0.717) is 24.0 Å². The van der Waals surface area contributed by atoms with Gasteiger partial charge in [-0.2, -0.15) is 0 Å². The summed E-state index contributed by atoms with van der Waals surface area (Å²) in [5.74, 6) is 1.39. The first-order valence-corrected chi connectivity index (χ1v) is 8.08. The number of nitrogens with zero attached hydrogens (tertiary/aromatic N) is 1. The van der Waals surface area contributed by atoms with Crippen LogP contribution in [0, 0.1) is 0 Å². The number of ether oxygens (including phenoxy) is 2. The van der Waals surface area contributed by atoms with Gasteiger partial charge in [-0.25, -0.2) is 0 Å². The van der Waals surface area contributed by atoms with Gasteiger partial charge in [0, 0.05) is 12.6 Å². The van der Waals surface area contributed by atoms with E-state index in [1.165, 1.54) is 19.3 Å². The van der Waals surface area contributed by atoms with Gasteiger partial charge in [0.1, 0.15) is 13.2 Å². The summed E-state index contributed by atoms with van der Waals surface area (Å²) in [6.07, 6.45) is 4.70. The van der Waals surface area contributed by atoms with Crippen LogP contribution >= 0.6 is 11.6 Å². The van der Waals surface area contributed by atoms with E-state index in [4.69, 9.17) is 21.1 Å². The second kappa shape index (κ2) is 6.86. The molecule has 2 aliphatic heterocycles. The number of aliphatic hydroxyl groups excluding tert-OH is 1. The third-order valence-corrected chi connectivity index (χ3v) is 4.53. The standard InChI is InChI=1S/C16H22ClNO3/c17-14-8-12(9-15-16(14)21-7-6-20-15)10-18-5-3-1-2-4-13(18)11-19/h8-9,13,19H,1-7,10-11H2. The Labute approximate surface area is 130 Å². The predicted molar refractivity (Wildman–Crippen MR) is 82.2 cm³/mol. The van der Waals surface area contributed by atoms with Gasteiger partial charge in [-0.05, 0) is 37.1 Å². The van der Waals surface area contributed by atoms with Crippen molar-refractivity contribution in [3.63, 3.8) is 0 Å². The number of rotatable bonds is 3. The van der Waals surface area contributed by atoms with Gasteiger partial charge in [-0.15, -0.1) is 0 Å². The summed E-state index contributed by atoms with van der Waals surface area (Å²) < 4.78 is 11.2. The zero-order valence-electron chi connectivity index (χ0n) is 12.2. The second-order valence-corrected chi connectivity index (χ2v) is 6.17. The molecule has 1 saturated heterocycles. The van der Waals surface area contributed by atoms with E-state index < -0.39 is 0 Å². The molecule has 0 spiro atoms. The minimum absolute atomic E-state index is 0.221. The van der Waals surface area contributed by atoms with Crippen molar-refractivity contribution in [3.8, 4) is 11.5 Å². The van der Waals surface area contributed by atoms with Crippen LogP contribution in [0.25, 0.3) is 0 Å². The van der Waals surface area contributed by atoms with Crippen LogP contribution in [0.3, 0.4) is 0 Å². The summed E-state index contributed by atoms with van der Waals surface area (Å²) in [5, 5.41) is 10.2. The molecule has 0 radical (unpaired) electrons. The minimum Gasteiger partial charge on any atom is -0.486 e. The Kier molecular flexibility index (Phi) is 4.88. The summed E-state index contributed by atoms with van der Waals surface area (Å²) in [6, 6.07) is 4.22. The van der Waals surface area contributed by atoms with Crippen molar-refractivity contribution in [2.24, 2.45) is 0 Å². The highest BCUT2D eigenvalue weighted by molar-refractivity contribution is 6.32. The Morgan fingerprint density at radius 1 is 1.19 bits per heavy atom. The van der Waals surface area contributed by atoms with Crippen LogP contribution < -0.4 is 9.47 Å². The SMILES string of the molecule is OCC1CCCCCN1Cc1cc(Cl)c2c(c1)OCCO2. The first-order valence-electron chi connectivity index (χ1n) is 7.71. The van der Waals surface area contributed by atoms with Crippen LogP contribution in [0.4, 0.5) is 0 Å². The van der Waals surface area contributed by atoms with Crippen molar-refractivity contribution >= 4 is 11.6 Å². The number of hydrogen-bond donors (Lipinski definition) is 1. The zero-order valence-corrected chi connectivity index (χ0v) is 12.9. The van der Waals surface area contributed by atoms with E-state index in [9.17, 15) is 5.11 Å². The maximum Gasteiger partial charge on any atom is 0.179 e. The molecule has 1 atom stereocenters. The molecule has 1 aromatic rings. The maximum absolute atomic E-state index is 9.60. The molecule has 0 amide bonds. The van der Waals surface area contributed by atoms with Crippen LogP contribution in [0.2, 0.25) is 5.02 Å². The number of aliphatic hydroxyl groups is 1. The molecule has 1 N–H and O–H groups in total. The summed E-state index contributed by atoms with van der Waals surface area (Å²) in [7, 11) is 0. The van der Waals surface area contributed by atoms with Gasteiger partial charge in [-0.3, -0.25) is 4.90 Å². The molecule has 1 unspecified atom stereocenters. The third kappa shape index (κ3) is 3.44. The van der Waals surface area contributed by atoms with E-state index in [1.807, 2.05) is 12.1 Å². The van der Waals surface area contributed by atoms with E-state index in [0.717, 1.165) is 30.8 Å². The number of hydrogen-bond acceptors (Lipinski definition) is 4. The summed E-state index contributed by atoms with van der Waals surface area (Å²) in [5.41, 5.74) is 1.12. The van der Waals surface area contributed by atoms with Gasteiger partial charge in [0.15, 0.2) is 11.5 Å². The van der Waals surface area contributed by atoms with Crippen molar-refractivity contribution in [3.05, 3.63) is 22.7 Å². The number of fused-ring (bicyclic) bond motifs is 1. The van der Waals surface area contributed by atoms with Gasteiger partial charge < -0.3 is 14.6 Å². The topological polar surface area (TPSA) is 41.9 Å². The average molecular weight is 312 g/mol. The molecular weight excluding hydrogens is 290 g/mol. The molecule has 2 heterocycles. The van der Waals surface area contributed by atoms with Crippen molar-refractivity contribution < 1.29 is 14.6 Å². The van der Waals surface area contributed by atoms with Crippen LogP contribution in [0.1, 0.15) is 31.2 Å². The largest absolute Gasteiger partial charge is 0.486 e. The summed E-state index contributed by atoms with van der Waals surface area (Å²) >= 11 is 6.29. The average Bonchev–Trinajstić information content (AvgIpc) is 2.72. The minimum atomic E-state index is 0.221. The van der Waals surface area contributed by atoms with Gasteiger partial charge >= 0.3 is 0 Å². The fourth-order valence-corrected chi connectivity index (χ4v) is 3.43. The fourth-order valence-electron chi connectivity index (χ4n) is 3.14. The molecule has 1 fully saturated rings. The van der Waals surface area contributed by atoms with Gasteiger partial charge in [0.2, 0.25) is 0 Å². The van der Waals surface area contributed by atoms with Crippen molar-refractivity contribution in [1.29, 1.82) is 0 Å². The summed E-state index contributed by atoms with van der Waals surface area (Å²) in [4.78, 5) is 2.36. The molecule has 0 aliphatic carbocycles. The van der Waals surface area contributed by atoms with Gasteiger partial charge in [-0.1, -0.05) is 24.4 Å². The first-order chi connectivity index (χ1) is 10.3. The lowest BCUT2D eigenvalue weighted by atomic mass is 10.1. The summed E-state index contributed by atoms with van der Waals surface area (Å²) in [6.45, 7) is 3.15. The smallest absolute Gasteiger partial charge is 0.179 e. The van der Waals surface area contributed by atoms with Crippen molar-refractivity contribution in [2.45, 2.75) is 38.3 Å². The zero-order chi connectivity index (χ0) is 14.7. The highest BCUT2D eigenvalue weighted by Gasteiger charge is 2.22. The lowest BCUT2D eigenvalue weighted by Crippen LogP contribution is -2.36. The highest BCUT2D eigenvalue weighted by Crippen LogP contribution is 2.38. The Balaban J connectivity index is 1.78. The second-order valence-electron chi connectivity index (χ2n) is 5.76. The van der Waals surface area contributed by atoms with Crippen LogP contribution in [0.15, 0.2) is 12.1 Å². The molecule has 2 aliphatic rings. The van der Waals surface area contributed by atoms with E-state index in [1.54, 1.807) is 0 Å². The molecular formula is C16H22ClNO3. The fraction of sp³-hybridized carbons (Fsp3) is 0.625. The molecule has 5 heteroatoms. The van der Waals surface area contributed by atoms with Gasteiger partial charge in [0.25, 0.3) is 0 Å². The first kappa shape index (κ1) is 14.9. The molecule has 1 aromatic carbocycles. The van der Waals surface area contributed by atoms with E-state index in [2.05, 4.69) is 4.90 Å². The monoisotopic (exact) mass is 311 g/mol. The lowest BCUT2D eigenvalue weighted by Gasteiger charge is -2.29. The molecule has 0 saturated carbocycles. The molecule has 21 heavy (non-hydrogen) atoms. The highest BCUT2D eigenvalue weighted by atomic mass is 35.5. The van der Waals surface area contributed by atoms with Crippen molar-refractivity contribution in [2.75, 3.05) is 26.4 Å². The normalized spacial score (nSPS) is 22.9. The Hall–Kier alpha value is -0.970. The number of likely N-dealkylation sites (tertiary alicyclic amines) is 1. The van der Waals surface area contributed by atoms with Crippen LogP contribution in [-0.2, 0) is 6.54 Å². The number of benzene rings is 1. The molecule has 0 aromatic heterocycles. The Bertz CT molecular complexity index is 495. The molecule has 3 rings (SSSR count). The van der Waals surface area contributed by atoms with Gasteiger partial charge in [0.05, 0.1) is 11.6 Å². The third-order valence-electron chi connectivity index (χ3n) is 4.25. The van der Waals surface area contributed by atoms with E-state index in [-0.39, 0.29) is 12.6 Å². The van der Waals surface area contributed by atoms with Crippen LogP contribution in [0.5, 0.6) is 11.5 Å². The van der Waals surface area contributed by atoms with E-state index >= 15 is 0 Å². The quantitative estimate of drug-likeness (QED) is 0.932. The molecule has 4 nitrogen and oxygen atoms in total. The molecule has 0 bridgehead atoms. The predicted octanol–water partition coefficient (Wildman–Crippen LogP) is 2.85. The lowest BCUT2D eigenvalue weighted by molar-refractivity contribution is 0.118. The Morgan fingerprint density at radius 2 is 2.05 bits per heavy atom.